The van der Waals surface area contributed by atoms with Crippen LogP contribution in [-0.2, 0) is 4.74 Å². The molecule has 0 spiro atoms. The van der Waals surface area contributed by atoms with Crippen molar-refractivity contribution in [1.29, 1.82) is 0 Å². The van der Waals surface area contributed by atoms with E-state index in [-0.39, 0.29) is 19.0 Å². The fourth-order valence-electron chi connectivity index (χ4n) is 2.19. The SMILES string of the molecule is Cc1cn([C@@H]2C[C@@H](N=C(N)NO)[C@H](CO)O2)c(=O)[nH]c1=O. The van der Waals surface area contributed by atoms with Crippen LogP contribution in [0.3, 0.4) is 0 Å². The smallest absolute Gasteiger partial charge is 0.330 e. The molecular weight excluding hydrogens is 282 g/mol. The highest BCUT2D eigenvalue weighted by molar-refractivity contribution is 5.76. The van der Waals surface area contributed by atoms with Crippen molar-refractivity contribution in [2.45, 2.75) is 31.7 Å². The van der Waals surface area contributed by atoms with Crippen molar-refractivity contribution in [1.82, 2.24) is 15.0 Å². The number of aryl methyl sites for hydroxylation is 1. The molecular formula is C11H17N5O5. The van der Waals surface area contributed by atoms with Crippen molar-refractivity contribution < 1.29 is 15.1 Å². The van der Waals surface area contributed by atoms with Gasteiger partial charge in [-0.15, -0.1) is 0 Å². The molecule has 0 saturated carbocycles. The van der Waals surface area contributed by atoms with E-state index < -0.39 is 29.6 Å². The number of rotatable bonds is 3. The molecule has 10 heteroatoms. The molecule has 1 fully saturated rings. The summed E-state index contributed by atoms with van der Waals surface area (Å²) in [5.74, 6) is -0.215. The fraction of sp³-hybridized carbons (Fsp3) is 0.545. The summed E-state index contributed by atoms with van der Waals surface area (Å²) in [6.45, 7) is 1.25. The summed E-state index contributed by atoms with van der Waals surface area (Å²) in [5.41, 5.74) is 6.35. The Labute approximate surface area is 118 Å². The summed E-state index contributed by atoms with van der Waals surface area (Å²) in [7, 11) is 0. The van der Waals surface area contributed by atoms with E-state index in [1.165, 1.54) is 10.8 Å². The van der Waals surface area contributed by atoms with Crippen LogP contribution in [0, 0.1) is 6.92 Å². The number of aromatic amines is 1. The van der Waals surface area contributed by atoms with Crippen LogP contribution < -0.4 is 22.5 Å². The van der Waals surface area contributed by atoms with Crippen molar-refractivity contribution in [2.24, 2.45) is 10.7 Å². The van der Waals surface area contributed by atoms with Crippen LogP contribution in [0.15, 0.2) is 20.8 Å². The van der Waals surface area contributed by atoms with Crippen LogP contribution in [0.4, 0.5) is 0 Å². The van der Waals surface area contributed by atoms with Gasteiger partial charge in [0.1, 0.15) is 12.3 Å². The molecule has 1 aliphatic heterocycles. The summed E-state index contributed by atoms with van der Waals surface area (Å²) in [6, 6.07) is -0.529. The van der Waals surface area contributed by atoms with E-state index in [0.29, 0.717) is 5.56 Å². The molecule has 21 heavy (non-hydrogen) atoms. The van der Waals surface area contributed by atoms with Gasteiger partial charge in [0.2, 0.25) is 5.96 Å². The van der Waals surface area contributed by atoms with Crippen LogP contribution >= 0.6 is 0 Å². The lowest BCUT2D eigenvalue weighted by molar-refractivity contribution is -0.0271. The topological polar surface area (TPSA) is 155 Å². The highest BCUT2D eigenvalue weighted by Gasteiger charge is 2.36. The Bertz CT molecular complexity index is 651. The second-order valence-electron chi connectivity index (χ2n) is 4.72. The van der Waals surface area contributed by atoms with Gasteiger partial charge in [0.15, 0.2) is 0 Å². The largest absolute Gasteiger partial charge is 0.394 e. The summed E-state index contributed by atoms with van der Waals surface area (Å²) in [5, 5.41) is 17.9. The minimum atomic E-state index is -0.689. The summed E-state index contributed by atoms with van der Waals surface area (Å²) in [4.78, 5) is 29.3. The first-order valence-corrected chi connectivity index (χ1v) is 6.28. The molecule has 10 nitrogen and oxygen atoms in total. The van der Waals surface area contributed by atoms with Gasteiger partial charge >= 0.3 is 5.69 Å². The molecule has 1 saturated heterocycles. The van der Waals surface area contributed by atoms with E-state index >= 15 is 0 Å². The Balaban J connectivity index is 2.30. The van der Waals surface area contributed by atoms with Gasteiger partial charge in [0.25, 0.3) is 5.56 Å². The predicted molar refractivity (Wildman–Crippen MR) is 72.0 cm³/mol. The van der Waals surface area contributed by atoms with E-state index in [0.717, 1.165) is 0 Å². The van der Waals surface area contributed by atoms with E-state index in [2.05, 4.69) is 9.98 Å². The second kappa shape index (κ2) is 6.08. The van der Waals surface area contributed by atoms with E-state index in [1.807, 2.05) is 0 Å². The molecule has 116 valence electrons. The maximum Gasteiger partial charge on any atom is 0.330 e. The molecule has 1 aromatic rings. The Morgan fingerprint density at radius 3 is 3.00 bits per heavy atom. The zero-order chi connectivity index (χ0) is 15.6. The fourth-order valence-corrected chi connectivity index (χ4v) is 2.19. The van der Waals surface area contributed by atoms with E-state index in [4.69, 9.17) is 15.7 Å². The standard InChI is InChI=1S/C11H17N5O5/c1-5-3-16(11(19)14-9(5)18)8-2-6(7(4-17)21-8)13-10(12)15-20/h3,6-8,17,20H,2,4H2,1H3,(H3,12,13,15)(H,14,18,19)/t6-,7+,8+/m1/s1. The Kier molecular flexibility index (Phi) is 4.40. The third-order valence-corrected chi connectivity index (χ3v) is 3.26. The Hall–Kier alpha value is -2.17. The average Bonchev–Trinajstić information content (AvgIpc) is 2.85. The number of nitrogens with one attached hydrogen (secondary N) is 2. The number of aromatic nitrogens is 2. The number of nitrogens with two attached hydrogens (primary N) is 1. The molecule has 2 heterocycles. The van der Waals surface area contributed by atoms with Crippen molar-refractivity contribution in [3.63, 3.8) is 0 Å². The van der Waals surface area contributed by atoms with Gasteiger partial charge in [-0.2, -0.15) is 0 Å². The van der Waals surface area contributed by atoms with Crippen molar-refractivity contribution in [2.75, 3.05) is 6.61 Å². The molecule has 0 aliphatic carbocycles. The monoisotopic (exact) mass is 299 g/mol. The molecule has 0 unspecified atom stereocenters. The molecule has 1 aromatic heterocycles. The zero-order valence-corrected chi connectivity index (χ0v) is 11.3. The maximum atomic E-state index is 11.8. The third kappa shape index (κ3) is 3.12. The molecule has 6 N–H and O–H groups in total. The Morgan fingerprint density at radius 1 is 1.67 bits per heavy atom. The van der Waals surface area contributed by atoms with Gasteiger partial charge in [-0.1, -0.05) is 0 Å². The van der Waals surface area contributed by atoms with Crippen LogP contribution in [0.1, 0.15) is 18.2 Å². The number of aliphatic hydroxyl groups is 1. The van der Waals surface area contributed by atoms with Crippen LogP contribution in [0.2, 0.25) is 0 Å². The number of aliphatic imine (C=N–C) groups is 1. The normalized spacial score (nSPS) is 26.0. The minimum Gasteiger partial charge on any atom is -0.394 e. The second-order valence-corrected chi connectivity index (χ2v) is 4.72. The Morgan fingerprint density at radius 2 is 2.38 bits per heavy atom. The van der Waals surface area contributed by atoms with Crippen molar-refractivity contribution in [3.8, 4) is 0 Å². The van der Waals surface area contributed by atoms with Crippen LogP contribution in [0.5, 0.6) is 0 Å². The first kappa shape index (κ1) is 15.2. The molecule has 0 aromatic carbocycles. The molecule has 3 atom stereocenters. The number of nitrogens with zero attached hydrogens (tertiary/aromatic N) is 2. The molecule has 2 rings (SSSR count). The lowest BCUT2D eigenvalue weighted by Gasteiger charge is -2.14. The molecule has 1 aliphatic rings. The summed E-state index contributed by atoms with van der Waals surface area (Å²) < 4.78 is 6.78. The zero-order valence-electron chi connectivity index (χ0n) is 11.3. The lowest BCUT2D eigenvalue weighted by atomic mass is 10.1. The summed E-state index contributed by atoms with van der Waals surface area (Å²) >= 11 is 0. The number of aliphatic hydroxyl groups excluding tert-OH is 1. The number of hydroxylamine groups is 1. The molecule has 0 radical (unpaired) electrons. The number of hydrogen-bond acceptors (Lipinski definition) is 6. The van der Waals surface area contributed by atoms with Crippen LogP contribution in [-0.4, -0.2) is 44.6 Å². The third-order valence-electron chi connectivity index (χ3n) is 3.26. The van der Waals surface area contributed by atoms with Gasteiger partial charge in [0, 0.05) is 18.2 Å². The summed E-state index contributed by atoms with van der Waals surface area (Å²) in [6.07, 6.45) is 0.297. The highest BCUT2D eigenvalue weighted by atomic mass is 16.5. The first-order valence-electron chi connectivity index (χ1n) is 6.28. The van der Waals surface area contributed by atoms with Gasteiger partial charge in [-0.3, -0.25) is 19.6 Å². The van der Waals surface area contributed by atoms with Crippen molar-refractivity contribution in [3.05, 3.63) is 32.6 Å². The average molecular weight is 299 g/mol. The molecule has 0 bridgehead atoms. The van der Waals surface area contributed by atoms with E-state index in [1.54, 1.807) is 12.4 Å². The van der Waals surface area contributed by atoms with Gasteiger partial charge in [0.05, 0.1) is 12.6 Å². The highest BCUT2D eigenvalue weighted by Crippen LogP contribution is 2.29. The first-order chi connectivity index (χ1) is 9.96. The quantitative estimate of drug-likeness (QED) is 0.241. The van der Waals surface area contributed by atoms with Crippen molar-refractivity contribution >= 4 is 5.96 Å². The number of hydrogen-bond donors (Lipinski definition) is 5. The van der Waals surface area contributed by atoms with Gasteiger partial charge in [-0.05, 0) is 6.92 Å². The minimum absolute atomic E-state index is 0.215. The maximum absolute atomic E-state index is 11.8. The number of H-pyrrole nitrogens is 1. The van der Waals surface area contributed by atoms with Gasteiger partial charge in [-0.25, -0.2) is 15.3 Å². The number of guanidine groups is 1. The van der Waals surface area contributed by atoms with Crippen LogP contribution in [0.25, 0.3) is 0 Å². The molecule has 0 amide bonds. The lowest BCUT2D eigenvalue weighted by Crippen LogP contribution is -2.33. The van der Waals surface area contributed by atoms with E-state index in [9.17, 15) is 14.7 Å². The number of ether oxygens (including phenoxy) is 1. The van der Waals surface area contributed by atoms with Gasteiger partial charge < -0.3 is 15.6 Å². The predicted octanol–water partition coefficient (Wildman–Crippen LogP) is -2.21.